The molecular formula is C14H12ClF3N2. The highest BCUT2D eigenvalue weighted by Crippen LogP contribution is 2.35. The van der Waals surface area contributed by atoms with Gasteiger partial charge in [0.2, 0.25) is 0 Å². The van der Waals surface area contributed by atoms with Crippen LogP contribution in [0.1, 0.15) is 11.1 Å². The van der Waals surface area contributed by atoms with Crippen molar-refractivity contribution in [2.45, 2.75) is 13.1 Å². The summed E-state index contributed by atoms with van der Waals surface area (Å²) in [5, 5.41) is 3.09. The van der Waals surface area contributed by atoms with Gasteiger partial charge in [0.05, 0.1) is 16.3 Å². The second kappa shape index (κ2) is 5.25. The lowest BCUT2D eigenvalue weighted by Gasteiger charge is -2.14. The Morgan fingerprint density at radius 2 is 1.80 bits per heavy atom. The van der Waals surface area contributed by atoms with Gasteiger partial charge in [-0.15, -0.1) is 0 Å². The fourth-order valence-electron chi connectivity index (χ4n) is 1.73. The zero-order valence-corrected chi connectivity index (χ0v) is 11.3. The van der Waals surface area contributed by atoms with E-state index in [2.05, 4.69) is 5.32 Å². The maximum absolute atomic E-state index is 12.7. The van der Waals surface area contributed by atoms with E-state index in [1.807, 2.05) is 0 Å². The molecule has 0 heterocycles. The fraction of sp³-hybridized carbons (Fsp3) is 0.143. The molecule has 0 bridgehead atoms. The summed E-state index contributed by atoms with van der Waals surface area (Å²) < 4.78 is 38.1. The van der Waals surface area contributed by atoms with Crippen LogP contribution in [-0.2, 0) is 6.18 Å². The highest BCUT2D eigenvalue weighted by Gasteiger charge is 2.31. The maximum Gasteiger partial charge on any atom is 0.416 e. The Morgan fingerprint density at radius 1 is 1.10 bits per heavy atom. The summed E-state index contributed by atoms with van der Waals surface area (Å²) in [7, 11) is 0. The van der Waals surface area contributed by atoms with E-state index < -0.39 is 11.7 Å². The SMILES string of the molecule is Cc1c(N)cccc1Nc1cc(C(F)(F)F)ccc1Cl. The van der Waals surface area contributed by atoms with Crippen molar-refractivity contribution >= 4 is 28.7 Å². The van der Waals surface area contributed by atoms with Crippen LogP contribution in [0.3, 0.4) is 0 Å². The van der Waals surface area contributed by atoms with Gasteiger partial charge in [-0.2, -0.15) is 13.2 Å². The van der Waals surface area contributed by atoms with Gasteiger partial charge >= 0.3 is 6.18 Å². The van der Waals surface area contributed by atoms with Gasteiger partial charge in [-0.1, -0.05) is 17.7 Å². The van der Waals surface area contributed by atoms with Crippen molar-refractivity contribution in [1.82, 2.24) is 0 Å². The van der Waals surface area contributed by atoms with Crippen LogP contribution in [0.2, 0.25) is 5.02 Å². The molecule has 0 aliphatic rings. The Kier molecular flexibility index (Phi) is 3.81. The van der Waals surface area contributed by atoms with Crippen molar-refractivity contribution in [3.05, 3.63) is 52.5 Å². The van der Waals surface area contributed by atoms with Gasteiger partial charge in [-0.25, -0.2) is 0 Å². The van der Waals surface area contributed by atoms with Gasteiger partial charge in [-0.05, 0) is 42.8 Å². The number of anilines is 3. The van der Waals surface area contributed by atoms with E-state index in [9.17, 15) is 13.2 Å². The lowest BCUT2D eigenvalue weighted by molar-refractivity contribution is -0.137. The van der Waals surface area contributed by atoms with Crippen LogP contribution in [0, 0.1) is 6.92 Å². The molecule has 0 radical (unpaired) electrons. The molecule has 0 spiro atoms. The topological polar surface area (TPSA) is 38.0 Å². The monoisotopic (exact) mass is 300 g/mol. The summed E-state index contributed by atoms with van der Waals surface area (Å²) in [5.41, 5.74) is 7.11. The second-order valence-corrected chi connectivity index (χ2v) is 4.74. The smallest absolute Gasteiger partial charge is 0.398 e. The van der Waals surface area contributed by atoms with E-state index in [0.717, 1.165) is 17.7 Å². The zero-order valence-electron chi connectivity index (χ0n) is 10.6. The summed E-state index contributed by atoms with van der Waals surface area (Å²) >= 11 is 5.93. The van der Waals surface area contributed by atoms with Gasteiger partial charge in [0.1, 0.15) is 0 Å². The predicted octanol–water partition coefficient (Wildman–Crippen LogP) is 4.99. The number of halogens is 4. The van der Waals surface area contributed by atoms with Crippen LogP contribution in [-0.4, -0.2) is 0 Å². The van der Waals surface area contributed by atoms with E-state index in [1.165, 1.54) is 6.07 Å². The third kappa shape index (κ3) is 2.99. The molecule has 2 rings (SSSR count). The number of benzene rings is 2. The van der Waals surface area contributed by atoms with Crippen molar-refractivity contribution in [3.63, 3.8) is 0 Å². The number of nitrogen functional groups attached to an aromatic ring is 1. The minimum Gasteiger partial charge on any atom is -0.398 e. The first-order valence-electron chi connectivity index (χ1n) is 5.78. The van der Waals surface area contributed by atoms with Gasteiger partial charge in [0, 0.05) is 11.4 Å². The quantitative estimate of drug-likeness (QED) is 0.767. The molecule has 0 aromatic heterocycles. The molecule has 20 heavy (non-hydrogen) atoms. The Labute approximate surface area is 119 Å². The van der Waals surface area contributed by atoms with E-state index in [4.69, 9.17) is 17.3 Å². The molecule has 2 aromatic carbocycles. The molecule has 6 heteroatoms. The summed E-state index contributed by atoms with van der Waals surface area (Å²) in [6, 6.07) is 8.29. The molecule has 0 saturated carbocycles. The average molecular weight is 301 g/mol. The number of rotatable bonds is 2. The summed E-state index contributed by atoms with van der Waals surface area (Å²) in [4.78, 5) is 0. The van der Waals surface area contributed by atoms with Crippen molar-refractivity contribution in [1.29, 1.82) is 0 Å². The summed E-state index contributed by atoms with van der Waals surface area (Å²) in [5.74, 6) is 0. The highest BCUT2D eigenvalue weighted by atomic mass is 35.5. The van der Waals surface area contributed by atoms with Crippen LogP contribution >= 0.6 is 11.6 Å². The second-order valence-electron chi connectivity index (χ2n) is 4.34. The third-order valence-corrected chi connectivity index (χ3v) is 3.27. The summed E-state index contributed by atoms with van der Waals surface area (Å²) in [6.07, 6.45) is -4.41. The van der Waals surface area contributed by atoms with E-state index in [1.54, 1.807) is 25.1 Å². The Morgan fingerprint density at radius 3 is 2.45 bits per heavy atom. The Balaban J connectivity index is 2.41. The Hall–Kier alpha value is -1.88. The molecule has 0 aliphatic carbocycles. The first-order chi connectivity index (χ1) is 9.29. The van der Waals surface area contributed by atoms with Gasteiger partial charge in [0.15, 0.2) is 0 Å². The first-order valence-corrected chi connectivity index (χ1v) is 6.15. The van der Waals surface area contributed by atoms with Crippen LogP contribution in [0.25, 0.3) is 0 Å². The van der Waals surface area contributed by atoms with Crippen molar-refractivity contribution < 1.29 is 13.2 Å². The van der Waals surface area contributed by atoms with Gasteiger partial charge < -0.3 is 11.1 Å². The number of hydrogen-bond acceptors (Lipinski definition) is 2. The third-order valence-electron chi connectivity index (χ3n) is 2.94. The van der Waals surface area contributed by atoms with E-state index >= 15 is 0 Å². The lowest BCUT2D eigenvalue weighted by Crippen LogP contribution is -2.06. The standard InChI is InChI=1S/C14H12ClF3N2/c1-8-11(19)3-2-4-12(8)20-13-7-9(14(16,17)18)5-6-10(13)15/h2-7,20H,19H2,1H3. The number of alkyl halides is 3. The van der Waals surface area contributed by atoms with Crippen molar-refractivity contribution in [2.75, 3.05) is 11.1 Å². The largest absolute Gasteiger partial charge is 0.416 e. The fourth-order valence-corrected chi connectivity index (χ4v) is 1.90. The van der Waals surface area contributed by atoms with Gasteiger partial charge in [-0.3, -0.25) is 0 Å². The zero-order chi connectivity index (χ0) is 14.9. The molecule has 106 valence electrons. The lowest BCUT2D eigenvalue weighted by atomic mass is 10.1. The maximum atomic E-state index is 12.7. The minimum atomic E-state index is -4.41. The van der Waals surface area contributed by atoms with Gasteiger partial charge in [0.25, 0.3) is 0 Å². The molecule has 0 amide bonds. The van der Waals surface area contributed by atoms with Crippen LogP contribution in [0.15, 0.2) is 36.4 Å². The van der Waals surface area contributed by atoms with Crippen molar-refractivity contribution in [2.24, 2.45) is 0 Å². The molecule has 2 nitrogen and oxygen atoms in total. The number of nitrogens with two attached hydrogens (primary N) is 1. The van der Waals surface area contributed by atoms with Crippen LogP contribution < -0.4 is 11.1 Å². The number of hydrogen-bond donors (Lipinski definition) is 2. The minimum absolute atomic E-state index is 0.190. The molecule has 2 aromatic rings. The highest BCUT2D eigenvalue weighted by molar-refractivity contribution is 6.33. The van der Waals surface area contributed by atoms with Crippen LogP contribution in [0.5, 0.6) is 0 Å². The molecule has 0 saturated heterocycles. The molecule has 3 N–H and O–H groups in total. The molecule has 0 atom stereocenters. The Bertz CT molecular complexity index is 639. The molecule has 0 aliphatic heterocycles. The normalized spacial score (nSPS) is 11.4. The van der Waals surface area contributed by atoms with Crippen molar-refractivity contribution in [3.8, 4) is 0 Å². The average Bonchev–Trinajstić information content (AvgIpc) is 2.36. The van der Waals surface area contributed by atoms with Crippen LogP contribution in [0.4, 0.5) is 30.2 Å². The molecular weight excluding hydrogens is 289 g/mol. The van der Waals surface area contributed by atoms with E-state index in [-0.39, 0.29) is 10.7 Å². The number of nitrogens with one attached hydrogen (secondary N) is 1. The molecule has 0 unspecified atom stereocenters. The predicted molar refractivity (Wildman–Crippen MR) is 75.3 cm³/mol. The molecule has 0 fully saturated rings. The first kappa shape index (κ1) is 14.5. The van der Waals surface area contributed by atoms with E-state index in [0.29, 0.717) is 11.4 Å². The summed E-state index contributed by atoms with van der Waals surface area (Å²) in [6.45, 7) is 1.78.